The molecule has 3 heteroatoms. The smallest absolute Gasteiger partial charge is 0.145 e. The van der Waals surface area contributed by atoms with Crippen LogP contribution in [0.4, 0.5) is 4.39 Å². The number of benzene rings is 1. The summed E-state index contributed by atoms with van der Waals surface area (Å²) >= 11 is 5.94. The monoisotopic (exact) mass is 283 g/mol. The molecule has 1 aromatic rings. The average molecular weight is 284 g/mol. The third kappa shape index (κ3) is 2.95. The molecule has 0 bridgehead atoms. The maximum absolute atomic E-state index is 14.3. The molecule has 1 nitrogen and oxygen atoms in total. The van der Waals surface area contributed by atoms with E-state index < -0.39 is 0 Å². The van der Waals surface area contributed by atoms with Gasteiger partial charge in [-0.05, 0) is 30.4 Å². The van der Waals surface area contributed by atoms with Crippen LogP contribution in [0.25, 0.3) is 0 Å². The Kier molecular flexibility index (Phi) is 4.52. The third-order valence-corrected chi connectivity index (χ3v) is 4.60. The molecular formula is C16H23ClFN. The zero-order valence-corrected chi connectivity index (χ0v) is 12.7. The second-order valence-electron chi connectivity index (χ2n) is 6.10. The van der Waals surface area contributed by atoms with Gasteiger partial charge in [0.2, 0.25) is 0 Å². The van der Waals surface area contributed by atoms with Crippen molar-refractivity contribution in [2.75, 3.05) is 6.54 Å². The van der Waals surface area contributed by atoms with Crippen molar-refractivity contribution in [2.24, 2.45) is 5.92 Å². The highest BCUT2D eigenvalue weighted by atomic mass is 35.5. The SMILES string of the molecule is CCC1CC(CNC(C)C)(c2cccc(Cl)c2F)C1. The normalized spacial score (nSPS) is 26.5. The second kappa shape index (κ2) is 5.80. The molecule has 1 aromatic carbocycles. The van der Waals surface area contributed by atoms with Gasteiger partial charge < -0.3 is 5.32 Å². The second-order valence-corrected chi connectivity index (χ2v) is 6.51. The van der Waals surface area contributed by atoms with Crippen LogP contribution in [0.15, 0.2) is 18.2 Å². The molecule has 0 spiro atoms. The highest BCUT2D eigenvalue weighted by molar-refractivity contribution is 6.30. The molecule has 1 aliphatic carbocycles. The van der Waals surface area contributed by atoms with Crippen LogP contribution in [0.1, 0.15) is 45.6 Å². The van der Waals surface area contributed by atoms with E-state index in [4.69, 9.17) is 11.6 Å². The molecule has 1 N–H and O–H groups in total. The molecule has 1 saturated carbocycles. The minimum Gasteiger partial charge on any atom is -0.314 e. The molecule has 0 atom stereocenters. The van der Waals surface area contributed by atoms with E-state index in [0.717, 1.165) is 24.9 Å². The Labute approximate surface area is 120 Å². The Balaban J connectivity index is 2.25. The van der Waals surface area contributed by atoms with Gasteiger partial charge in [0.25, 0.3) is 0 Å². The van der Waals surface area contributed by atoms with Crippen molar-refractivity contribution in [2.45, 2.75) is 51.5 Å². The summed E-state index contributed by atoms with van der Waals surface area (Å²) in [6.45, 7) is 7.28. The van der Waals surface area contributed by atoms with Crippen LogP contribution in [-0.4, -0.2) is 12.6 Å². The molecule has 0 radical (unpaired) electrons. The summed E-state index contributed by atoms with van der Waals surface area (Å²) in [5, 5.41) is 3.71. The lowest BCUT2D eigenvalue weighted by Gasteiger charge is -2.49. The van der Waals surface area contributed by atoms with Crippen LogP contribution < -0.4 is 5.32 Å². The zero-order chi connectivity index (χ0) is 14.0. The molecule has 0 heterocycles. The van der Waals surface area contributed by atoms with E-state index in [2.05, 4.69) is 26.1 Å². The summed E-state index contributed by atoms with van der Waals surface area (Å²) in [5.41, 5.74) is 0.720. The van der Waals surface area contributed by atoms with Crippen LogP contribution in [0.3, 0.4) is 0 Å². The number of hydrogen-bond donors (Lipinski definition) is 1. The standard InChI is InChI=1S/C16H23ClFN/c1-4-12-8-16(9-12,10-19-11(2)3)13-6-5-7-14(17)15(13)18/h5-7,11-12,19H,4,8-10H2,1-3H3. The molecule has 0 unspecified atom stereocenters. The van der Waals surface area contributed by atoms with Crippen LogP contribution >= 0.6 is 11.6 Å². The summed E-state index contributed by atoms with van der Waals surface area (Å²) < 4.78 is 14.3. The third-order valence-electron chi connectivity index (χ3n) is 4.31. The number of nitrogens with one attached hydrogen (secondary N) is 1. The van der Waals surface area contributed by atoms with Gasteiger partial charge in [0.15, 0.2) is 0 Å². The lowest BCUT2D eigenvalue weighted by atomic mass is 9.57. The van der Waals surface area contributed by atoms with Gasteiger partial charge in [-0.3, -0.25) is 0 Å². The Hall–Kier alpha value is -0.600. The van der Waals surface area contributed by atoms with Gasteiger partial charge in [0.05, 0.1) is 5.02 Å². The van der Waals surface area contributed by atoms with Crippen molar-refractivity contribution in [1.29, 1.82) is 0 Å². The fourth-order valence-electron chi connectivity index (χ4n) is 3.11. The Morgan fingerprint density at radius 1 is 1.42 bits per heavy atom. The van der Waals surface area contributed by atoms with Crippen molar-refractivity contribution in [1.82, 2.24) is 5.32 Å². The van der Waals surface area contributed by atoms with Gasteiger partial charge >= 0.3 is 0 Å². The molecule has 1 fully saturated rings. The van der Waals surface area contributed by atoms with E-state index in [9.17, 15) is 4.39 Å². The summed E-state index contributed by atoms with van der Waals surface area (Å²) in [7, 11) is 0. The fourth-order valence-corrected chi connectivity index (χ4v) is 3.28. The van der Waals surface area contributed by atoms with Gasteiger partial charge in [0.1, 0.15) is 5.82 Å². The first-order valence-corrected chi connectivity index (χ1v) is 7.54. The van der Waals surface area contributed by atoms with Crippen molar-refractivity contribution in [3.05, 3.63) is 34.6 Å². The topological polar surface area (TPSA) is 12.0 Å². The molecule has 106 valence electrons. The fraction of sp³-hybridized carbons (Fsp3) is 0.625. The molecule has 0 saturated heterocycles. The van der Waals surface area contributed by atoms with E-state index in [1.54, 1.807) is 6.07 Å². The summed E-state index contributed by atoms with van der Waals surface area (Å²) in [6.07, 6.45) is 3.28. The lowest BCUT2D eigenvalue weighted by molar-refractivity contribution is 0.127. The molecule has 1 aliphatic rings. The van der Waals surface area contributed by atoms with E-state index in [-0.39, 0.29) is 16.3 Å². The molecule has 0 aliphatic heterocycles. The van der Waals surface area contributed by atoms with Gasteiger partial charge in [-0.25, -0.2) is 4.39 Å². The summed E-state index contributed by atoms with van der Waals surface area (Å²) in [4.78, 5) is 0. The van der Waals surface area contributed by atoms with Crippen LogP contribution in [-0.2, 0) is 5.41 Å². The largest absolute Gasteiger partial charge is 0.314 e. The highest BCUT2D eigenvalue weighted by Gasteiger charge is 2.46. The van der Waals surface area contributed by atoms with Gasteiger partial charge in [-0.1, -0.05) is 50.9 Å². The minimum absolute atomic E-state index is 0.0695. The van der Waals surface area contributed by atoms with Crippen molar-refractivity contribution < 1.29 is 4.39 Å². The maximum Gasteiger partial charge on any atom is 0.145 e. The maximum atomic E-state index is 14.3. The van der Waals surface area contributed by atoms with Gasteiger partial charge in [0, 0.05) is 18.0 Å². The van der Waals surface area contributed by atoms with E-state index in [1.807, 2.05) is 12.1 Å². The predicted octanol–water partition coefficient (Wildman–Crippen LogP) is 4.53. The van der Waals surface area contributed by atoms with E-state index in [0.29, 0.717) is 12.0 Å². The summed E-state index contributed by atoms with van der Waals surface area (Å²) in [5.74, 6) is 0.483. The average Bonchev–Trinajstić information content (AvgIpc) is 2.32. The van der Waals surface area contributed by atoms with Gasteiger partial charge in [-0.2, -0.15) is 0 Å². The number of rotatable bonds is 5. The zero-order valence-electron chi connectivity index (χ0n) is 12.0. The molecule has 0 aromatic heterocycles. The predicted molar refractivity (Wildman–Crippen MR) is 79.2 cm³/mol. The molecule has 2 rings (SSSR count). The Morgan fingerprint density at radius 2 is 2.11 bits per heavy atom. The first kappa shape index (κ1) is 14.8. The number of halogens is 2. The van der Waals surface area contributed by atoms with Gasteiger partial charge in [-0.15, -0.1) is 0 Å². The lowest BCUT2D eigenvalue weighted by Crippen LogP contribution is -2.50. The minimum atomic E-state index is -0.232. The van der Waals surface area contributed by atoms with E-state index in [1.165, 1.54) is 6.42 Å². The Bertz CT molecular complexity index is 438. The van der Waals surface area contributed by atoms with Crippen molar-refractivity contribution in [3.8, 4) is 0 Å². The molecule has 0 amide bonds. The van der Waals surface area contributed by atoms with Crippen LogP contribution in [0.5, 0.6) is 0 Å². The van der Waals surface area contributed by atoms with E-state index >= 15 is 0 Å². The first-order chi connectivity index (χ1) is 8.98. The first-order valence-electron chi connectivity index (χ1n) is 7.16. The Morgan fingerprint density at radius 3 is 2.68 bits per heavy atom. The van der Waals surface area contributed by atoms with Crippen LogP contribution in [0.2, 0.25) is 5.02 Å². The quantitative estimate of drug-likeness (QED) is 0.837. The van der Waals surface area contributed by atoms with Crippen LogP contribution in [0, 0.1) is 11.7 Å². The van der Waals surface area contributed by atoms with Crippen molar-refractivity contribution >= 4 is 11.6 Å². The summed E-state index contributed by atoms with van der Waals surface area (Å²) in [6, 6.07) is 5.80. The van der Waals surface area contributed by atoms with Crippen molar-refractivity contribution in [3.63, 3.8) is 0 Å². The molecule has 19 heavy (non-hydrogen) atoms. The molecular weight excluding hydrogens is 261 g/mol. The highest BCUT2D eigenvalue weighted by Crippen LogP contribution is 2.50. The number of hydrogen-bond acceptors (Lipinski definition) is 1.